The Bertz CT molecular complexity index is 485. The van der Waals surface area contributed by atoms with Crippen LogP contribution >= 0.6 is 0 Å². The van der Waals surface area contributed by atoms with Gasteiger partial charge in [0.05, 0.1) is 15.9 Å². The van der Waals surface area contributed by atoms with Crippen molar-refractivity contribution in [1.29, 1.82) is 0 Å². The maximum absolute atomic E-state index is 10.9. The first-order valence-electron chi connectivity index (χ1n) is 5.74. The van der Waals surface area contributed by atoms with E-state index in [0.717, 1.165) is 18.9 Å². The van der Waals surface area contributed by atoms with Gasteiger partial charge in [-0.2, -0.15) is 0 Å². The molecule has 0 heterocycles. The van der Waals surface area contributed by atoms with Crippen LogP contribution in [-0.2, 0) is 0 Å². The standard InChI is InChI=1S/C11H13N3O4/c15-13(16)9-4-5-10(11(6-9)14(17)18)12-7-8-2-1-3-8/h4-6,8,12H,1-3,7H2. The number of hydrogen-bond donors (Lipinski definition) is 1. The minimum absolute atomic E-state index is 0.247. The van der Waals surface area contributed by atoms with Gasteiger partial charge in [-0.25, -0.2) is 0 Å². The van der Waals surface area contributed by atoms with E-state index in [1.54, 1.807) is 0 Å². The van der Waals surface area contributed by atoms with Crippen LogP contribution in [0.3, 0.4) is 0 Å². The Morgan fingerprint density at radius 2 is 1.94 bits per heavy atom. The Balaban J connectivity index is 2.16. The molecule has 2 rings (SSSR count). The largest absolute Gasteiger partial charge is 0.379 e. The van der Waals surface area contributed by atoms with Gasteiger partial charge in [-0.3, -0.25) is 20.2 Å². The molecule has 1 aliphatic rings. The second kappa shape index (κ2) is 4.99. The van der Waals surface area contributed by atoms with E-state index in [-0.39, 0.29) is 11.4 Å². The van der Waals surface area contributed by atoms with Crippen LogP contribution in [0.1, 0.15) is 19.3 Å². The number of anilines is 1. The average molecular weight is 251 g/mol. The lowest BCUT2D eigenvalue weighted by atomic mass is 9.85. The van der Waals surface area contributed by atoms with E-state index >= 15 is 0 Å². The normalized spacial score (nSPS) is 14.9. The van der Waals surface area contributed by atoms with Gasteiger partial charge in [-0.15, -0.1) is 0 Å². The molecule has 1 aromatic rings. The van der Waals surface area contributed by atoms with Gasteiger partial charge in [0.2, 0.25) is 0 Å². The molecule has 0 spiro atoms. The second-order valence-electron chi connectivity index (χ2n) is 4.39. The van der Waals surface area contributed by atoms with Gasteiger partial charge in [0.15, 0.2) is 0 Å². The minimum atomic E-state index is -0.636. The molecule has 1 N–H and O–H groups in total. The summed E-state index contributed by atoms with van der Waals surface area (Å²) in [4.78, 5) is 20.2. The molecule has 0 amide bonds. The Morgan fingerprint density at radius 1 is 1.22 bits per heavy atom. The predicted octanol–water partition coefficient (Wildman–Crippen LogP) is 2.72. The lowest BCUT2D eigenvalue weighted by molar-refractivity contribution is -0.393. The summed E-state index contributed by atoms with van der Waals surface area (Å²) < 4.78 is 0. The molecular weight excluding hydrogens is 238 g/mol. The first-order valence-corrected chi connectivity index (χ1v) is 5.74. The number of nitrogens with one attached hydrogen (secondary N) is 1. The molecule has 0 aromatic heterocycles. The lowest BCUT2D eigenvalue weighted by Crippen LogP contribution is -2.21. The summed E-state index contributed by atoms with van der Waals surface area (Å²) in [5, 5.41) is 24.4. The van der Waals surface area contributed by atoms with Crippen LogP contribution in [0.15, 0.2) is 18.2 Å². The van der Waals surface area contributed by atoms with Gasteiger partial charge in [0.25, 0.3) is 11.4 Å². The van der Waals surface area contributed by atoms with Gasteiger partial charge >= 0.3 is 0 Å². The van der Waals surface area contributed by atoms with Gasteiger partial charge < -0.3 is 5.32 Å². The molecule has 96 valence electrons. The summed E-state index contributed by atoms with van der Waals surface area (Å²) in [5.74, 6) is 0.555. The number of benzene rings is 1. The van der Waals surface area contributed by atoms with E-state index in [4.69, 9.17) is 0 Å². The van der Waals surface area contributed by atoms with Gasteiger partial charge in [0.1, 0.15) is 5.69 Å². The number of rotatable bonds is 5. The first-order chi connectivity index (χ1) is 8.58. The zero-order valence-electron chi connectivity index (χ0n) is 9.67. The molecule has 7 heteroatoms. The van der Waals surface area contributed by atoms with E-state index < -0.39 is 9.85 Å². The Labute approximate surface area is 103 Å². The number of non-ortho nitro benzene ring substituents is 1. The fourth-order valence-corrected chi connectivity index (χ4v) is 1.89. The third-order valence-electron chi connectivity index (χ3n) is 3.19. The van der Waals surface area contributed by atoms with Crippen LogP contribution in [0.2, 0.25) is 0 Å². The SMILES string of the molecule is O=[N+]([O-])c1ccc(NCC2CCC2)c([N+](=O)[O-])c1. The number of nitro benzene ring substituents is 2. The van der Waals surface area contributed by atoms with E-state index in [1.165, 1.54) is 18.6 Å². The number of hydrogen-bond acceptors (Lipinski definition) is 5. The highest BCUT2D eigenvalue weighted by Gasteiger charge is 2.21. The van der Waals surface area contributed by atoms with Crippen molar-refractivity contribution in [2.75, 3.05) is 11.9 Å². The van der Waals surface area contributed by atoms with Crippen molar-refractivity contribution in [3.63, 3.8) is 0 Å². The summed E-state index contributed by atoms with van der Waals surface area (Å²) in [6, 6.07) is 3.66. The first kappa shape index (κ1) is 12.3. The molecule has 1 aromatic carbocycles. The van der Waals surface area contributed by atoms with Gasteiger partial charge in [-0.05, 0) is 24.8 Å². The quantitative estimate of drug-likeness (QED) is 0.640. The number of nitrogens with zero attached hydrogens (tertiary/aromatic N) is 2. The summed E-state index contributed by atoms with van der Waals surface area (Å²) in [5.41, 5.74) is -0.170. The molecule has 1 fully saturated rings. The molecule has 0 unspecified atom stereocenters. The fourth-order valence-electron chi connectivity index (χ4n) is 1.89. The van der Waals surface area contributed by atoms with E-state index in [1.807, 2.05) is 0 Å². The van der Waals surface area contributed by atoms with Crippen LogP contribution in [0.5, 0.6) is 0 Å². The van der Waals surface area contributed by atoms with Crippen molar-refractivity contribution in [1.82, 2.24) is 0 Å². The molecular formula is C11H13N3O4. The maximum atomic E-state index is 10.9. The molecule has 0 radical (unpaired) electrons. The summed E-state index contributed by atoms with van der Waals surface area (Å²) in [7, 11) is 0. The van der Waals surface area contributed by atoms with Crippen LogP contribution in [0.4, 0.5) is 17.1 Å². The second-order valence-corrected chi connectivity index (χ2v) is 4.39. The molecule has 0 atom stereocenters. The fraction of sp³-hybridized carbons (Fsp3) is 0.455. The molecule has 0 bridgehead atoms. The highest BCUT2D eigenvalue weighted by atomic mass is 16.6. The van der Waals surface area contributed by atoms with Gasteiger partial charge in [-0.1, -0.05) is 6.42 Å². The van der Waals surface area contributed by atoms with Crippen molar-refractivity contribution >= 4 is 17.1 Å². The zero-order valence-corrected chi connectivity index (χ0v) is 9.67. The van der Waals surface area contributed by atoms with E-state index in [2.05, 4.69) is 5.32 Å². The Hall–Kier alpha value is -2.18. The Kier molecular flexibility index (Phi) is 3.40. The average Bonchev–Trinajstić information content (AvgIpc) is 2.26. The lowest BCUT2D eigenvalue weighted by Gasteiger charge is -2.25. The molecule has 0 saturated heterocycles. The van der Waals surface area contributed by atoms with Crippen LogP contribution in [0.25, 0.3) is 0 Å². The van der Waals surface area contributed by atoms with Crippen molar-refractivity contribution in [3.8, 4) is 0 Å². The summed E-state index contributed by atoms with van der Waals surface area (Å²) in [6.45, 7) is 0.679. The van der Waals surface area contributed by atoms with E-state index in [0.29, 0.717) is 18.2 Å². The monoisotopic (exact) mass is 251 g/mol. The molecule has 1 aliphatic carbocycles. The van der Waals surface area contributed by atoms with Gasteiger partial charge in [0, 0.05) is 12.6 Å². The maximum Gasteiger partial charge on any atom is 0.299 e. The highest BCUT2D eigenvalue weighted by molar-refractivity contribution is 5.65. The third-order valence-corrected chi connectivity index (χ3v) is 3.19. The topological polar surface area (TPSA) is 98.3 Å². The molecule has 1 saturated carbocycles. The van der Waals surface area contributed by atoms with Crippen LogP contribution in [-0.4, -0.2) is 16.4 Å². The zero-order chi connectivity index (χ0) is 13.1. The van der Waals surface area contributed by atoms with Crippen LogP contribution < -0.4 is 5.32 Å². The molecule has 7 nitrogen and oxygen atoms in total. The Morgan fingerprint density at radius 3 is 2.44 bits per heavy atom. The predicted molar refractivity (Wildman–Crippen MR) is 65.6 cm³/mol. The van der Waals surface area contributed by atoms with Crippen molar-refractivity contribution in [3.05, 3.63) is 38.4 Å². The smallest absolute Gasteiger partial charge is 0.299 e. The summed E-state index contributed by atoms with van der Waals surface area (Å²) >= 11 is 0. The van der Waals surface area contributed by atoms with E-state index in [9.17, 15) is 20.2 Å². The van der Waals surface area contributed by atoms with Crippen molar-refractivity contribution in [2.45, 2.75) is 19.3 Å². The highest BCUT2D eigenvalue weighted by Crippen LogP contribution is 2.31. The molecule has 0 aliphatic heterocycles. The third kappa shape index (κ3) is 2.55. The number of nitro groups is 2. The van der Waals surface area contributed by atoms with Crippen LogP contribution in [0, 0.1) is 26.1 Å². The minimum Gasteiger partial charge on any atom is -0.379 e. The van der Waals surface area contributed by atoms with Crippen molar-refractivity contribution < 1.29 is 9.85 Å². The molecule has 18 heavy (non-hydrogen) atoms. The van der Waals surface area contributed by atoms with Crippen molar-refractivity contribution in [2.24, 2.45) is 5.92 Å². The summed E-state index contributed by atoms with van der Waals surface area (Å²) in [6.07, 6.45) is 3.47.